The lowest BCUT2D eigenvalue weighted by Gasteiger charge is -2.13. The molecule has 0 bridgehead atoms. The van der Waals surface area contributed by atoms with Gasteiger partial charge in [0.1, 0.15) is 23.7 Å². The van der Waals surface area contributed by atoms with E-state index in [1.165, 1.54) is 25.1 Å². The number of alkyl halides is 3. The largest absolute Gasteiger partial charge is 0.497 e. The topological polar surface area (TPSA) is 88.1 Å². The number of hydrogen-bond acceptors (Lipinski definition) is 6. The number of aryl methyl sites for hydroxylation is 1. The Morgan fingerprint density at radius 1 is 1.15 bits per heavy atom. The molecule has 0 unspecified atom stereocenters. The number of fused-ring (bicyclic) bond motifs is 1. The first-order chi connectivity index (χ1) is 12.8. The summed E-state index contributed by atoms with van der Waals surface area (Å²) < 4.78 is 50.3. The number of nitrogen functional groups attached to an aromatic ring is 1. The summed E-state index contributed by atoms with van der Waals surface area (Å²) in [6.45, 7) is -0.321. The zero-order chi connectivity index (χ0) is 19.6. The van der Waals surface area contributed by atoms with E-state index >= 15 is 0 Å². The summed E-state index contributed by atoms with van der Waals surface area (Å²) in [5, 5.41) is 0. The van der Waals surface area contributed by atoms with E-state index in [4.69, 9.17) is 15.2 Å². The van der Waals surface area contributed by atoms with Crippen molar-refractivity contribution in [3.63, 3.8) is 0 Å². The summed E-state index contributed by atoms with van der Waals surface area (Å²) >= 11 is 0. The number of nitrogens with zero attached hydrogens (tertiary/aromatic N) is 4. The van der Waals surface area contributed by atoms with Gasteiger partial charge in [-0.2, -0.15) is 13.2 Å². The third-order valence-corrected chi connectivity index (χ3v) is 4.09. The van der Waals surface area contributed by atoms with Crippen LogP contribution in [0.25, 0.3) is 11.2 Å². The van der Waals surface area contributed by atoms with E-state index in [9.17, 15) is 13.2 Å². The summed E-state index contributed by atoms with van der Waals surface area (Å²) in [6.07, 6.45) is -3.89. The van der Waals surface area contributed by atoms with Crippen LogP contribution in [0.15, 0.2) is 24.5 Å². The normalized spacial score (nSPS) is 11.7. The molecule has 27 heavy (non-hydrogen) atoms. The standard InChI is InChI=1S/C17H18F3N5O2/c1-26-11-3-4-12(27-2)10(7-11)8-13-24-14-15(21)22-9-23-16(14)25(13)6-5-17(18,19)20/h3-4,7,9H,5-6,8H2,1-2H3,(H2,21,22,23). The summed E-state index contributed by atoms with van der Waals surface area (Å²) in [4.78, 5) is 12.3. The lowest BCUT2D eigenvalue weighted by Crippen LogP contribution is -2.14. The molecule has 0 atom stereocenters. The average Bonchev–Trinajstić information content (AvgIpc) is 2.98. The maximum atomic E-state index is 12.8. The molecule has 0 aliphatic carbocycles. The third kappa shape index (κ3) is 4.04. The summed E-state index contributed by atoms with van der Waals surface area (Å²) in [6, 6.07) is 5.21. The van der Waals surface area contributed by atoms with Crippen LogP contribution in [0.4, 0.5) is 19.0 Å². The van der Waals surface area contributed by atoms with E-state index in [0.717, 1.165) is 0 Å². The minimum atomic E-state index is -4.31. The Morgan fingerprint density at radius 2 is 1.93 bits per heavy atom. The van der Waals surface area contributed by atoms with Crippen molar-refractivity contribution in [2.24, 2.45) is 0 Å². The van der Waals surface area contributed by atoms with Crippen LogP contribution in [-0.4, -0.2) is 39.9 Å². The first-order valence-electron chi connectivity index (χ1n) is 8.05. The van der Waals surface area contributed by atoms with E-state index in [0.29, 0.717) is 22.9 Å². The lowest BCUT2D eigenvalue weighted by atomic mass is 10.1. The number of imidazole rings is 1. The number of nitrogens with two attached hydrogens (primary N) is 1. The molecule has 2 heterocycles. The van der Waals surface area contributed by atoms with Gasteiger partial charge in [-0.15, -0.1) is 0 Å². The quantitative estimate of drug-likeness (QED) is 0.706. The van der Waals surface area contributed by atoms with Crippen molar-refractivity contribution >= 4 is 17.0 Å². The molecule has 0 spiro atoms. The minimum Gasteiger partial charge on any atom is -0.497 e. The van der Waals surface area contributed by atoms with E-state index < -0.39 is 12.6 Å². The SMILES string of the molecule is COc1ccc(OC)c(Cc2nc3c(N)ncnc3n2CCC(F)(F)F)c1. The fourth-order valence-electron chi connectivity index (χ4n) is 2.80. The first kappa shape index (κ1) is 18.7. The Kier molecular flexibility index (Phi) is 5.06. The van der Waals surface area contributed by atoms with Crippen molar-refractivity contribution in [2.75, 3.05) is 20.0 Å². The van der Waals surface area contributed by atoms with E-state index in [1.54, 1.807) is 18.2 Å². The molecule has 0 saturated carbocycles. The van der Waals surface area contributed by atoms with Crippen LogP contribution in [-0.2, 0) is 13.0 Å². The molecule has 0 aliphatic heterocycles. The van der Waals surface area contributed by atoms with Gasteiger partial charge in [0, 0.05) is 18.5 Å². The first-order valence-corrected chi connectivity index (χ1v) is 8.05. The van der Waals surface area contributed by atoms with Crippen molar-refractivity contribution in [1.82, 2.24) is 19.5 Å². The number of benzene rings is 1. The molecule has 1 aromatic carbocycles. The Bertz CT molecular complexity index is 956. The van der Waals surface area contributed by atoms with Gasteiger partial charge in [-0.3, -0.25) is 0 Å². The zero-order valence-corrected chi connectivity index (χ0v) is 14.7. The second-order valence-corrected chi connectivity index (χ2v) is 5.83. The van der Waals surface area contributed by atoms with Gasteiger partial charge in [-0.05, 0) is 18.2 Å². The van der Waals surface area contributed by atoms with Crippen LogP contribution >= 0.6 is 0 Å². The number of ether oxygens (including phenoxy) is 2. The Labute approximate surface area is 153 Å². The molecular formula is C17H18F3N5O2. The molecule has 0 aliphatic rings. The van der Waals surface area contributed by atoms with Gasteiger partial charge in [0.05, 0.1) is 20.6 Å². The number of aromatic nitrogens is 4. The maximum Gasteiger partial charge on any atom is 0.390 e. The van der Waals surface area contributed by atoms with Crippen LogP contribution in [0, 0.1) is 0 Å². The number of hydrogen-bond donors (Lipinski definition) is 1. The van der Waals surface area contributed by atoms with Gasteiger partial charge in [0.15, 0.2) is 17.0 Å². The number of rotatable bonds is 6. The predicted molar refractivity (Wildman–Crippen MR) is 92.8 cm³/mol. The molecule has 0 saturated heterocycles. The molecule has 0 amide bonds. The van der Waals surface area contributed by atoms with E-state index in [1.807, 2.05) is 0 Å². The monoisotopic (exact) mass is 381 g/mol. The van der Waals surface area contributed by atoms with Gasteiger partial charge in [0.2, 0.25) is 0 Å². The molecule has 0 fully saturated rings. The molecule has 10 heteroatoms. The predicted octanol–water partition coefficient (Wildman–Crippen LogP) is 2.97. The molecule has 2 N–H and O–H groups in total. The molecule has 7 nitrogen and oxygen atoms in total. The Balaban J connectivity index is 2.07. The number of halogens is 3. The Morgan fingerprint density at radius 3 is 2.59 bits per heavy atom. The van der Waals surface area contributed by atoms with Crippen molar-refractivity contribution in [3.8, 4) is 11.5 Å². The lowest BCUT2D eigenvalue weighted by molar-refractivity contribution is -0.136. The van der Waals surface area contributed by atoms with E-state index in [-0.39, 0.29) is 29.9 Å². The van der Waals surface area contributed by atoms with Crippen LogP contribution < -0.4 is 15.2 Å². The fraction of sp³-hybridized carbons (Fsp3) is 0.353. The fourth-order valence-corrected chi connectivity index (χ4v) is 2.80. The van der Waals surface area contributed by atoms with Crippen molar-refractivity contribution in [2.45, 2.75) is 25.6 Å². The van der Waals surface area contributed by atoms with Gasteiger partial charge in [0.25, 0.3) is 0 Å². The number of methoxy groups -OCH3 is 2. The van der Waals surface area contributed by atoms with E-state index in [2.05, 4.69) is 15.0 Å². The Hall–Kier alpha value is -3.04. The smallest absolute Gasteiger partial charge is 0.390 e. The highest BCUT2D eigenvalue weighted by molar-refractivity contribution is 5.81. The van der Waals surface area contributed by atoms with Gasteiger partial charge in [-0.1, -0.05) is 0 Å². The third-order valence-electron chi connectivity index (χ3n) is 4.09. The van der Waals surface area contributed by atoms with Crippen LogP contribution in [0.2, 0.25) is 0 Å². The molecule has 3 aromatic rings. The summed E-state index contributed by atoms with van der Waals surface area (Å²) in [5.74, 6) is 1.67. The molecule has 2 aromatic heterocycles. The highest BCUT2D eigenvalue weighted by atomic mass is 19.4. The van der Waals surface area contributed by atoms with Crippen molar-refractivity contribution in [3.05, 3.63) is 35.9 Å². The van der Waals surface area contributed by atoms with Crippen LogP contribution in [0.1, 0.15) is 17.8 Å². The van der Waals surface area contributed by atoms with Gasteiger partial charge >= 0.3 is 6.18 Å². The van der Waals surface area contributed by atoms with Gasteiger partial charge in [-0.25, -0.2) is 15.0 Å². The summed E-state index contributed by atoms with van der Waals surface area (Å²) in [5.41, 5.74) is 7.08. The van der Waals surface area contributed by atoms with Gasteiger partial charge < -0.3 is 19.8 Å². The van der Waals surface area contributed by atoms with Crippen LogP contribution in [0.3, 0.4) is 0 Å². The number of anilines is 1. The molecule has 0 radical (unpaired) electrons. The zero-order valence-electron chi connectivity index (χ0n) is 14.7. The second kappa shape index (κ2) is 7.29. The maximum absolute atomic E-state index is 12.8. The highest BCUT2D eigenvalue weighted by Gasteiger charge is 2.28. The van der Waals surface area contributed by atoms with Crippen molar-refractivity contribution in [1.29, 1.82) is 0 Å². The summed E-state index contributed by atoms with van der Waals surface area (Å²) in [7, 11) is 3.04. The average molecular weight is 381 g/mol. The minimum absolute atomic E-state index is 0.115. The molecule has 144 valence electrons. The molecular weight excluding hydrogens is 363 g/mol. The second-order valence-electron chi connectivity index (χ2n) is 5.83. The van der Waals surface area contributed by atoms with Crippen molar-refractivity contribution < 1.29 is 22.6 Å². The van der Waals surface area contributed by atoms with Crippen LogP contribution in [0.5, 0.6) is 11.5 Å². The molecule has 3 rings (SSSR count). The highest BCUT2D eigenvalue weighted by Crippen LogP contribution is 2.29.